The first kappa shape index (κ1) is 162. The van der Waals surface area contributed by atoms with Crippen molar-refractivity contribution in [3.05, 3.63) is 0 Å². The van der Waals surface area contributed by atoms with E-state index in [0.29, 0.717) is 0 Å². The van der Waals surface area contributed by atoms with Gasteiger partial charge in [0.2, 0.25) is 0 Å². The molecule has 0 unspecified atom stereocenters. The molecule has 0 atom stereocenters. The van der Waals surface area contributed by atoms with Gasteiger partial charge in [-0.15, -0.1) is 0 Å². The van der Waals surface area contributed by atoms with Gasteiger partial charge in [0.05, 0.1) is 0 Å². The molecule has 12 nitrogen and oxygen atoms in total. The van der Waals surface area contributed by atoms with Crippen LogP contribution in [0.15, 0.2) is 0 Å². The molecular weight excluding hydrogens is 572 g/mol. The Morgan fingerprint density at radius 2 is 0.143 bits per heavy atom. The third-order valence-electron chi connectivity index (χ3n) is 0. The Morgan fingerprint density at radius 3 is 0.143 bits per heavy atom. The Bertz CT molecular complexity index is 83.6. The standard InChI is InChI=1S/12CHO.4Co/c12*1-2;;;;/h12*1H;;;;/q12*-1;;;;. The van der Waals surface area contributed by atoms with Gasteiger partial charge in [0, 0.05) is 67.1 Å². The van der Waals surface area contributed by atoms with Crippen molar-refractivity contribution >= 4 is 81.5 Å². The monoisotopic (exact) mass is 584 g/mol. The zero-order valence-corrected chi connectivity index (χ0v) is 17.3. The zero-order chi connectivity index (χ0) is 24.0. The Morgan fingerprint density at radius 1 is 0.143 bits per heavy atom. The molecule has 0 aliphatic rings. The molecule has 0 aliphatic carbocycles. The molecule has 0 N–H and O–H groups in total. The summed E-state index contributed by atoms with van der Waals surface area (Å²) in [6.07, 6.45) is 0. The average Bonchev–Trinajstić information content (AvgIpc) is 2.84. The topological polar surface area (TPSA) is 205 Å². The van der Waals surface area contributed by atoms with Gasteiger partial charge in [0.25, 0.3) is 0 Å². The van der Waals surface area contributed by atoms with Crippen LogP contribution in [-0.2, 0) is 125 Å². The van der Waals surface area contributed by atoms with Crippen molar-refractivity contribution in [2.45, 2.75) is 0 Å². The van der Waals surface area contributed by atoms with Gasteiger partial charge in [-0.1, -0.05) is 0 Å². The first-order valence-corrected chi connectivity index (χ1v) is 2.83. The van der Waals surface area contributed by atoms with Crippen molar-refractivity contribution in [1.29, 1.82) is 0 Å². The van der Waals surface area contributed by atoms with Gasteiger partial charge in [-0.25, -0.2) is 0 Å². The summed E-state index contributed by atoms with van der Waals surface area (Å²) in [5, 5.41) is 0. The maximum Gasteiger partial charge on any atom is 0 e. The summed E-state index contributed by atoms with van der Waals surface area (Å²) in [6, 6.07) is 0. The smallest absolute Gasteiger partial charge is 0 e. The predicted molar refractivity (Wildman–Crippen MR) is 81.0 cm³/mol. The maximum absolute atomic E-state index is 7.75. The zero-order valence-electron chi connectivity index (χ0n) is 13.2. The molecule has 0 aromatic heterocycles. The van der Waals surface area contributed by atoms with E-state index in [2.05, 4.69) is 81.5 Å². The van der Waals surface area contributed by atoms with E-state index in [1.807, 2.05) is 0 Å². The Labute approximate surface area is 205 Å². The molecule has 0 fully saturated rings. The summed E-state index contributed by atoms with van der Waals surface area (Å²) < 4.78 is 0. The van der Waals surface area contributed by atoms with Crippen molar-refractivity contribution < 1.29 is 125 Å². The van der Waals surface area contributed by atoms with E-state index in [-0.39, 0.29) is 67.1 Å². The fourth-order valence-corrected chi connectivity index (χ4v) is 0. The van der Waals surface area contributed by atoms with Gasteiger partial charge in [-0.3, -0.25) is 81.5 Å². The van der Waals surface area contributed by atoms with Gasteiger partial charge in [0.15, 0.2) is 0 Å². The van der Waals surface area contributed by atoms with E-state index in [0.717, 1.165) is 0 Å². The van der Waals surface area contributed by atoms with E-state index in [1.165, 1.54) is 0 Å². The van der Waals surface area contributed by atoms with Gasteiger partial charge in [0.1, 0.15) is 0 Å². The normalized spacial score (nSPS) is 1.71. The van der Waals surface area contributed by atoms with Crippen LogP contribution in [0.2, 0.25) is 0 Å². The van der Waals surface area contributed by atoms with Crippen LogP contribution in [0.1, 0.15) is 0 Å². The Kier molecular flexibility index (Phi) is 22400. The van der Waals surface area contributed by atoms with Gasteiger partial charge >= 0.3 is 0 Å². The van der Waals surface area contributed by atoms with Crippen LogP contribution in [0.3, 0.4) is 0 Å². The fourth-order valence-electron chi connectivity index (χ4n) is 0. The van der Waals surface area contributed by atoms with Crippen molar-refractivity contribution in [2.24, 2.45) is 0 Å². The van der Waals surface area contributed by atoms with E-state index in [9.17, 15) is 0 Å². The van der Waals surface area contributed by atoms with Crippen LogP contribution in [-0.4, -0.2) is 81.5 Å². The maximum atomic E-state index is 7.75. The molecule has 0 bridgehead atoms. The summed E-state index contributed by atoms with van der Waals surface area (Å²) in [6.45, 7) is 39.0. The molecule has 0 aliphatic heterocycles. The minimum Gasteiger partial charge on any atom is -0.545 e. The Hall–Kier alpha value is -1.93. The number of rotatable bonds is 0. The molecule has 4 radical (unpaired) electrons. The van der Waals surface area contributed by atoms with Crippen molar-refractivity contribution in [2.75, 3.05) is 0 Å². The average molecular weight is 584 g/mol. The van der Waals surface area contributed by atoms with Crippen LogP contribution in [0, 0.1) is 0 Å². The van der Waals surface area contributed by atoms with Gasteiger partial charge in [-0.2, -0.15) is 0 Å². The molecule has 0 amide bonds. The van der Waals surface area contributed by atoms with Crippen LogP contribution in [0.5, 0.6) is 0 Å². The minimum absolute atomic E-state index is 0. The van der Waals surface area contributed by atoms with Crippen molar-refractivity contribution in [3.8, 4) is 0 Å². The molecule has 0 spiro atoms. The van der Waals surface area contributed by atoms with Crippen LogP contribution in [0.25, 0.3) is 0 Å². The number of carbonyl (C=O) groups excluding carboxylic acids is 12. The largest absolute Gasteiger partial charge is 0.545 e. The van der Waals surface area contributed by atoms with E-state index in [1.54, 1.807) is 0 Å². The van der Waals surface area contributed by atoms with E-state index < -0.39 is 0 Å². The molecule has 0 rings (SSSR count). The second-order valence-electron chi connectivity index (χ2n) is 0. The summed E-state index contributed by atoms with van der Waals surface area (Å²) in [7, 11) is 0. The van der Waals surface area contributed by atoms with Gasteiger partial charge in [-0.05, 0) is 0 Å². The van der Waals surface area contributed by atoms with E-state index in [4.69, 9.17) is 57.5 Å². The minimum atomic E-state index is 0. The molecule has 28 heavy (non-hydrogen) atoms. The SMILES string of the molecule is [CH-]=O.[CH-]=O.[CH-]=O.[CH-]=O.[CH-]=O.[CH-]=O.[CH-]=O.[CH-]=O.[CH-]=O.[CH-]=O.[CH-]=O.[CH-]=O.[Co].[Co].[Co].[Co]. The second kappa shape index (κ2) is 3880. The van der Waals surface area contributed by atoms with Crippen molar-refractivity contribution in [3.63, 3.8) is 0 Å². The van der Waals surface area contributed by atoms with Crippen LogP contribution in [0.4, 0.5) is 0 Å². The second-order valence-corrected chi connectivity index (χ2v) is 0. The molecule has 0 aromatic rings. The summed E-state index contributed by atoms with van der Waals surface area (Å²) >= 11 is 0. The number of hydrogen-bond donors (Lipinski definition) is 0. The Balaban J connectivity index is -0.00000000396. The molecule has 0 aromatic carbocycles. The van der Waals surface area contributed by atoms with Crippen LogP contribution < -0.4 is 0 Å². The molecule has 0 heterocycles. The first-order chi connectivity index (χ1) is 12.0. The fraction of sp³-hybridized carbons (Fsp3) is 0. The van der Waals surface area contributed by atoms with Crippen molar-refractivity contribution in [1.82, 2.24) is 0 Å². The molecule has 0 saturated heterocycles. The predicted octanol–water partition coefficient (Wildman–Crippen LogP) is -3.30. The molecule has 180 valence electrons. The quantitative estimate of drug-likeness (QED) is 0.203. The third kappa shape index (κ3) is 3420. The third-order valence-corrected chi connectivity index (χ3v) is 0. The summed E-state index contributed by atoms with van der Waals surface area (Å²) in [5.74, 6) is 0. The number of hydrogen-bond acceptors (Lipinski definition) is 12. The molecule has 16 heteroatoms. The summed E-state index contributed by atoms with van der Waals surface area (Å²) in [5.41, 5.74) is 0. The van der Waals surface area contributed by atoms with E-state index >= 15 is 0 Å². The molecular formula is C12H12Co4O12-12. The van der Waals surface area contributed by atoms with Crippen LogP contribution >= 0.6 is 0 Å². The first-order valence-electron chi connectivity index (χ1n) is 2.83. The molecule has 0 saturated carbocycles. The summed E-state index contributed by atoms with van der Waals surface area (Å²) in [4.78, 5) is 93.0. The van der Waals surface area contributed by atoms with Gasteiger partial charge < -0.3 is 57.5 Å².